The highest BCUT2D eigenvalue weighted by atomic mass is 19.1. The Morgan fingerprint density at radius 3 is 2.92 bits per heavy atom. The van der Waals surface area contributed by atoms with Gasteiger partial charge in [-0.3, -0.25) is 4.98 Å². The van der Waals surface area contributed by atoms with Gasteiger partial charge in [0, 0.05) is 11.6 Å². The highest BCUT2D eigenvalue weighted by molar-refractivity contribution is 5.80. The summed E-state index contributed by atoms with van der Waals surface area (Å²) in [6.45, 7) is 0. The van der Waals surface area contributed by atoms with E-state index in [4.69, 9.17) is 5.11 Å². The van der Waals surface area contributed by atoms with Crippen LogP contribution in [0.2, 0.25) is 0 Å². The molecule has 2 nitrogen and oxygen atoms in total. The Balaban J connectivity index is 2.91. The van der Waals surface area contributed by atoms with E-state index in [1.807, 2.05) is 0 Å². The molecule has 2 rings (SSSR count). The molecule has 0 spiro atoms. The summed E-state index contributed by atoms with van der Waals surface area (Å²) < 4.78 is 13.1. The molecule has 0 aliphatic heterocycles. The summed E-state index contributed by atoms with van der Waals surface area (Å²) in [5.41, 5.74) is 0.549. The van der Waals surface area contributed by atoms with Crippen LogP contribution in [0.1, 0.15) is 0 Å². The molecular formula is C9H6FNO. The van der Waals surface area contributed by atoms with E-state index in [0.717, 1.165) is 0 Å². The van der Waals surface area contributed by atoms with Crippen molar-refractivity contribution in [3.8, 4) is 5.75 Å². The number of pyridine rings is 1. The first-order valence-electron chi connectivity index (χ1n) is 3.51. The number of nitrogens with zero attached hydrogens (tertiary/aromatic N) is 1. The summed E-state index contributed by atoms with van der Waals surface area (Å²) in [6, 6.07) is 6.08. The van der Waals surface area contributed by atoms with Crippen LogP contribution in [0.3, 0.4) is 0 Å². The van der Waals surface area contributed by atoms with Crippen LogP contribution in [0, 0.1) is 5.82 Å². The summed E-state index contributed by atoms with van der Waals surface area (Å²) in [5.74, 6) is -0.948. The molecule has 1 heterocycles. The molecule has 1 N–H and O–H groups in total. The molecule has 0 fully saturated rings. The van der Waals surface area contributed by atoms with Crippen molar-refractivity contribution >= 4 is 10.9 Å². The minimum Gasteiger partial charge on any atom is -0.505 e. The van der Waals surface area contributed by atoms with E-state index in [1.165, 1.54) is 6.07 Å². The standard InChI is InChI=1S/C9H6FNO/c10-9-6-2-1-5-11-7(6)3-4-8(9)12/h1-5,12H. The van der Waals surface area contributed by atoms with Crippen LogP contribution in [0.5, 0.6) is 5.75 Å². The molecule has 0 aliphatic carbocycles. The second-order valence-electron chi connectivity index (χ2n) is 2.47. The number of phenolic OH excluding ortho intramolecular Hbond substituents is 1. The molecular weight excluding hydrogens is 157 g/mol. The highest BCUT2D eigenvalue weighted by Crippen LogP contribution is 2.23. The van der Waals surface area contributed by atoms with Crippen LogP contribution in [0.15, 0.2) is 30.5 Å². The first kappa shape index (κ1) is 7.03. The zero-order chi connectivity index (χ0) is 8.55. The van der Waals surface area contributed by atoms with E-state index in [2.05, 4.69) is 4.98 Å². The Morgan fingerprint density at radius 1 is 1.25 bits per heavy atom. The zero-order valence-electron chi connectivity index (χ0n) is 6.16. The van der Waals surface area contributed by atoms with Crippen molar-refractivity contribution in [3.05, 3.63) is 36.3 Å². The lowest BCUT2D eigenvalue weighted by Crippen LogP contribution is -1.82. The Kier molecular flexibility index (Phi) is 1.43. The first-order chi connectivity index (χ1) is 5.79. The molecule has 0 bridgehead atoms. The van der Waals surface area contributed by atoms with Crippen LogP contribution in [-0.4, -0.2) is 10.1 Å². The number of halogens is 1. The Bertz CT molecular complexity index is 428. The summed E-state index contributed by atoms with van der Waals surface area (Å²) in [4.78, 5) is 3.93. The number of aromatic nitrogens is 1. The van der Waals surface area contributed by atoms with Gasteiger partial charge in [0.15, 0.2) is 11.6 Å². The highest BCUT2D eigenvalue weighted by Gasteiger charge is 2.04. The maximum atomic E-state index is 13.1. The second-order valence-corrected chi connectivity index (χ2v) is 2.47. The SMILES string of the molecule is Oc1ccc2ncccc2c1F. The van der Waals surface area contributed by atoms with Crippen LogP contribution in [0.25, 0.3) is 10.9 Å². The number of fused-ring (bicyclic) bond motifs is 1. The van der Waals surface area contributed by atoms with Gasteiger partial charge in [-0.15, -0.1) is 0 Å². The van der Waals surface area contributed by atoms with E-state index >= 15 is 0 Å². The molecule has 1 aromatic heterocycles. The van der Waals surface area contributed by atoms with Crippen molar-refractivity contribution in [3.63, 3.8) is 0 Å². The summed E-state index contributed by atoms with van der Waals surface area (Å²) in [5, 5.41) is 9.36. The van der Waals surface area contributed by atoms with Gasteiger partial charge in [-0.25, -0.2) is 4.39 Å². The van der Waals surface area contributed by atoms with Gasteiger partial charge in [-0.05, 0) is 24.3 Å². The van der Waals surface area contributed by atoms with Gasteiger partial charge in [-0.2, -0.15) is 0 Å². The Morgan fingerprint density at radius 2 is 2.08 bits per heavy atom. The Hall–Kier alpha value is -1.64. The quantitative estimate of drug-likeness (QED) is 0.645. The van der Waals surface area contributed by atoms with Gasteiger partial charge in [-0.1, -0.05) is 0 Å². The third-order valence-corrected chi connectivity index (χ3v) is 1.70. The Labute approximate surface area is 68.3 Å². The van der Waals surface area contributed by atoms with Crippen molar-refractivity contribution in [2.24, 2.45) is 0 Å². The van der Waals surface area contributed by atoms with E-state index < -0.39 is 5.82 Å². The van der Waals surface area contributed by atoms with Crippen molar-refractivity contribution in [2.45, 2.75) is 0 Å². The van der Waals surface area contributed by atoms with Crippen LogP contribution < -0.4 is 0 Å². The minimum atomic E-state index is -0.611. The van der Waals surface area contributed by atoms with Gasteiger partial charge in [0.2, 0.25) is 0 Å². The predicted octanol–water partition coefficient (Wildman–Crippen LogP) is 2.08. The molecule has 3 heteroatoms. The fourth-order valence-electron chi connectivity index (χ4n) is 1.10. The lowest BCUT2D eigenvalue weighted by atomic mass is 10.2. The lowest BCUT2D eigenvalue weighted by molar-refractivity contribution is 0.436. The van der Waals surface area contributed by atoms with Gasteiger partial charge in [0.25, 0.3) is 0 Å². The summed E-state index contributed by atoms with van der Waals surface area (Å²) in [7, 11) is 0. The number of benzene rings is 1. The average Bonchev–Trinajstić information content (AvgIpc) is 2.12. The molecule has 0 atom stereocenters. The monoisotopic (exact) mass is 163 g/mol. The molecule has 0 radical (unpaired) electrons. The molecule has 1 aromatic carbocycles. The zero-order valence-corrected chi connectivity index (χ0v) is 6.16. The molecule has 0 saturated carbocycles. The van der Waals surface area contributed by atoms with Gasteiger partial charge < -0.3 is 5.11 Å². The molecule has 60 valence electrons. The maximum absolute atomic E-state index is 13.1. The number of rotatable bonds is 0. The molecule has 0 saturated heterocycles. The van der Waals surface area contributed by atoms with E-state index in [-0.39, 0.29) is 5.75 Å². The van der Waals surface area contributed by atoms with Crippen LogP contribution >= 0.6 is 0 Å². The molecule has 0 aliphatic rings. The van der Waals surface area contributed by atoms with Crippen molar-refractivity contribution < 1.29 is 9.50 Å². The number of phenols is 1. The number of aromatic hydroxyl groups is 1. The fraction of sp³-hybridized carbons (Fsp3) is 0. The third kappa shape index (κ3) is 0.906. The summed E-state index contributed by atoms with van der Waals surface area (Å²) in [6.07, 6.45) is 1.58. The largest absolute Gasteiger partial charge is 0.505 e. The molecule has 0 unspecified atom stereocenters. The van der Waals surface area contributed by atoms with Crippen LogP contribution in [-0.2, 0) is 0 Å². The number of hydrogen-bond donors (Lipinski definition) is 1. The number of hydrogen-bond acceptors (Lipinski definition) is 2. The molecule has 12 heavy (non-hydrogen) atoms. The van der Waals surface area contributed by atoms with E-state index in [9.17, 15) is 4.39 Å². The molecule has 2 aromatic rings. The van der Waals surface area contributed by atoms with Crippen molar-refractivity contribution in [2.75, 3.05) is 0 Å². The minimum absolute atomic E-state index is 0.337. The van der Waals surface area contributed by atoms with Gasteiger partial charge in [0.05, 0.1) is 5.52 Å². The average molecular weight is 163 g/mol. The normalized spacial score (nSPS) is 10.4. The first-order valence-corrected chi connectivity index (χ1v) is 3.51. The fourth-order valence-corrected chi connectivity index (χ4v) is 1.10. The maximum Gasteiger partial charge on any atom is 0.174 e. The van der Waals surface area contributed by atoms with E-state index in [0.29, 0.717) is 10.9 Å². The van der Waals surface area contributed by atoms with Crippen LogP contribution in [0.4, 0.5) is 4.39 Å². The summed E-state index contributed by atoms with van der Waals surface area (Å²) >= 11 is 0. The topological polar surface area (TPSA) is 33.1 Å². The van der Waals surface area contributed by atoms with Crippen molar-refractivity contribution in [1.29, 1.82) is 0 Å². The predicted molar refractivity (Wildman–Crippen MR) is 43.4 cm³/mol. The second kappa shape index (κ2) is 2.44. The van der Waals surface area contributed by atoms with Crippen molar-refractivity contribution in [1.82, 2.24) is 4.98 Å². The van der Waals surface area contributed by atoms with Gasteiger partial charge >= 0.3 is 0 Å². The van der Waals surface area contributed by atoms with Gasteiger partial charge in [0.1, 0.15) is 0 Å². The lowest BCUT2D eigenvalue weighted by Gasteiger charge is -1.98. The third-order valence-electron chi connectivity index (χ3n) is 1.70. The molecule has 0 amide bonds. The smallest absolute Gasteiger partial charge is 0.174 e. The van der Waals surface area contributed by atoms with E-state index in [1.54, 1.807) is 24.4 Å².